The van der Waals surface area contributed by atoms with Gasteiger partial charge in [0, 0.05) is 34.2 Å². The SMILES string of the molecule is CCOC(=O)c1cc(Cc2ccc(N3CC4CC4C3)nc2Cl)nn1COCC[Si](C)(C)C. The maximum atomic E-state index is 12.4. The molecular weight excluding hydrogens is 444 g/mol. The second-order valence-electron chi connectivity index (χ2n) is 10.0. The van der Waals surface area contributed by atoms with E-state index in [-0.39, 0.29) is 6.73 Å². The molecule has 32 heavy (non-hydrogen) atoms. The number of halogens is 1. The molecule has 7 nitrogen and oxygen atoms in total. The van der Waals surface area contributed by atoms with E-state index in [1.54, 1.807) is 17.7 Å². The van der Waals surface area contributed by atoms with Gasteiger partial charge in [-0.15, -0.1) is 0 Å². The van der Waals surface area contributed by atoms with E-state index in [2.05, 4.69) is 34.6 Å². The maximum Gasteiger partial charge on any atom is 0.356 e. The topological polar surface area (TPSA) is 69.5 Å². The van der Waals surface area contributed by atoms with Crippen LogP contribution in [0.3, 0.4) is 0 Å². The van der Waals surface area contributed by atoms with Crippen molar-refractivity contribution in [2.24, 2.45) is 11.8 Å². The largest absolute Gasteiger partial charge is 0.461 e. The first kappa shape index (κ1) is 23.3. The predicted octanol–water partition coefficient (Wildman–Crippen LogP) is 4.47. The molecule has 2 atom stereocenters. The van der Waals surface area contributed by atoms with E-state index in [1.165, 1.54) is 6.42 Å². The Morgan fingerprint density at radius 1 is 1.25 bits per heavy atom. The smallest absolute Gasteiger partial charge is 0.356 e. The molecule has 3 heterocycles. The molecule has 0 spiro atoms. The van der Waals surface area contributed by atoms with Crippen molar-refractivity contribution in [1.82, 2.24) is 14.8 Å². The van der Waals surface area contributed by atoms with Crippen LogP contribution in [0.5, 0.6) is 0 Å². The van der Waals surface area contributed by atoms with E-state index in [1.807, 2.05) is 12.1 Å². The highest BCUT2D eigenvalue weighted by atomic mass is 35.5. The summed E-state index contributed by atoms with van der Waals surface area (Å²) < 4.78 is 12.6. The lowest BCUT2D eigenvalue weighted by molar-refractivity contribution is 0.0455. The molecule has 1 aliphatic heterocycles. The second-order valence-corrected chi connectivity index (χ2v) is 16.0. The van der Waals surface area contributed by atoms with Gasteiger partial charge in [0.25, 0.3) is 0 Å². The summed E-state index contributed by atoms with van der Waals surface area (Å²) >= 11 is 6.52. The molecule has 2 fully saturated rings. The minimum atomic E-state index is -1.18. The number of anilines is 1. The van der Waals surface area contributed by atoms with Crippen LogP contribution in [0.1, 0.15) is 35.1 Å². The van der Waals surface area contributed by atoms with Gasteiger partial charge in [-0.1, -0.05) is 37.3 Å². The molecule has 2 aromatic heterocycles. The summed E-state index contributed by atoms with van der Waals surface area (Å²) in [6.07, 6.45) is 1.85. The summed E-state index contributed by atoms with van der Waals surface area (Å²) in [5, 5.41) is 5.09. The molecular formula is C23H33ClN4O3Si. The molecule has 174 valence electrons. The Bertz CT molecular complexity index is 965. The number of ether oxygens (including phenoxy) is 2. The van der Waals surface area contributed by atoms with E-state index < -0.39 is 14.0 Å². The molecule has 2 aromatic rings. The molecule has 0 aromatic carbocycles. The van der Waals surface area contributed by atoms with Gasteiger partial charge in [0.1, 0.15) is 23.4 Å². The minimum absolute atomic E-state index is 0.223. The van der Waals surface area contributed by atoms with Crippen LogP contribution in [0, 0.1) is 11.8 Å². The second kappa shape index (κ2) is 9.53. The molecule has 1 saturated carbocycles. The van der Waals surface area contributed by atoms with Crippen LogP contribution in [-0.2, 0) is 22.6 Å². The Morgan fingerprint density at radius 2 is 2.00 bits per heavy atom. The van der Waals surface area contributed by atoms with Crippen LogP contribution in [0.25, 0.3) is 0 Å². The third-order valence-electron chi connectivity index (χ3n) is 6.11. The highest BCUT2D eigenvalue weighted by Crippen LogP contribution is 2.46. The number of pyridine rings is 1. The maximum absolute atomic E-state index is 12.4. The number of nitrogens with zero attached hydrogens (tertiary/aromatic N) is 4. The number of hydrogen-bond donors (Lipinski definition) is 0. The number of esters is 1. The first-order valence-electron chi connectivity index (χ1n) is 11.5. The van der Waals surface area contributed by atoms with Crippen LogP contribution in [-0.4, -0.2) is 55.1 Å². The Hall–Kier alpha value is -1.90. The van der Waals surface area contributed by atoms with Crippen LogP contribution in [0.4, 0.5) is 5.82 Å². The van der Waals surface area contributed by atoms with Crippen molar-refractivity contribution in [3.63, 3.8) is 0 Å². The molecule has 0 N–H and O–H groups in total. The van der Waals surface area contributed by atoms with Gasteiger partial charge in [-0.2, -0.15) is 5.10 Å². The van der Waals surface area contributed by atoms with Crippen molar-refractivity contribution in [2.75, 3.05) is 31.2 Å². The van der Waals surface area contributed by atoms with E-state index >= 15 is 0 Å². The van der Waals surface area contributed by atoms with Gasteiger partial charge in [0.15, 0.2) is 0 Å². The normalized spacial score (nSPS) is 19.8. The fourth-order valence-corrected chi connectivity index (χ4v) is 5.07. The molecule has 1 saturated heterocycles. The van der Waals surface area contributed by atoms with Crippen molar-refractivity contribution in [2.45, 2.75) is 52.2 Å². The van der Waals surface area contributed by atoms with Crippen LogP contribution in [0.15, 0.2) is 18.2 Å². The predicted molar refractivity (Wildman–Crippen MR) is 128 cm³/mol. The van der Waals surface area contributed by atoms with E-state index in [0.717, 1.165) is 48.0 Å². The highest BCUT2D eigenvalue weighted by molar-refractivity contribution is 6.76. The Balaban J connectivity index is 1.44. The van der Waals surface area contributed by atoms with Crippen molar-refractivity contribution in [3.8, 4) is 0 Å². The number of carbonyl (C=O) groups excluding carboxylic acids is 1. The molecule has 0 amide bonds. The van der Waals surface area contributed by atoms with Gasteiger partial charge in [-0.25, -0.2) is 14.5 Å². The fourth-order valence-electron chi connectivity index (χ4n) is 4.10. The molecule has 2 aliphatic rings. The van der Waals surface area contributed by atoms with Crippen LogP contribution < -0.4 is 4.90 Å². The monoisotopic (exact) mass is 476 g/mol. The number of hydrogen-bond acceptors (Lipinski definition) is 6. The lowest BCUT2D eigenvalue weighted by Crippen LogP contribution is -2.23. The van der Waals surface area contributed by atoms with Crippen molar-refractivity contribution >= 4 is 31.5 Å². The number of fused-ring (bicyclic) bond motifs is 1. The number of rotatable bonds is 10. The molecule has 9 heteroatoms. The summed E-state index contributed by atoms with van der Waals surface area (Å²) in [5.74, 6) is 2.23. The third kappa shape index (κ3) is 5.71. The van der Waals surface area contributed by atoms with E-state index in [0.29, 0.717) is 30.5 Å². The Kier molecular flexibility index (Phi) is 6.93. The summed E-state index contributed by atoms with van der Waals surface area (Å²) in [6.45, 7) is 12.1. The number of piperidine rings is 1. The van der Waals surface area contributed by atoms with Gasteiger partial charge in [0.05, 0.1) is 12.3 Å². The fraction of sp³-hybridized carbons (Fsp3) is 0.609. The average molecular weight is 477 g/mol. The highest BCUT2D eigenvalue weighted by Gasteiger charge is 2.45. The van der Waals surface area contributed by atoms with E-state index in [4.69, 9.17) is 21.1 Å². The quantitative estimate of drug-likeness (QED) is 0.218. The third-order valence-corrected chi connectivity index (χ3v) is 8.14. The zero-order valence-corrected chi connectivity index (χ0v) is 21.2. The lowest BCUT2D eigenvalue weighted by Gasteiger charge is -2.19. The average Bonchev–Trinajstić information content (AvgIpc) is 3.14. The summed E-state index contributed by atoms with van der Waals surface area (Å²) in [4.78, 5) is 19.4. The van der Waals surface area contributed by atoms with Gasteiger partial charge in [-0.3, -0.25) is 0 Å². The molecule has 1 aliphatic carbocycles. The first-order chi connectivity index (χ1) is 15.2. The zero-order chi connectivity index (χ0) is 22.9. The van der Waals surface area contributed by atoms with Gasteiger partial charge < -0.3 is 14.4 Å². The lowest BCUT2D eigenvalue weighted by atomic mass is 10.1. The summed E-state index contributed by atoms with van der Waals surface area (Å²) in [5.41, 5.74) is 2.02. The first-order valence-corrected chi connectivity index (χ1v) is 15.5. The van der Waals surface area contributed by atoms with E-state index in [9.17, 15) is 4.79 Å². The van der Waals surface area contributed by atoms with Crippen molar-refractivity contribution in [3.05, 3.63) is 40.3 Å². The molecule has 2 unspecified atom stereocenters. The summed E-state index contributed by atoms with van der Waals surface area (Å²) in [6, 6.07) is 6.87. The molecule has 0 radical (unpaired) electrons. The number of carbonyl (C=O) groups is 1. The van der Waals surface area contributed by atoms with Gasteiger partial charge >= 0.3 is 5.97 Å². The van der Waals surface area contributed by atoms with Crippen LogP contribution >= 0.6 is 11.6 Å². The zero-order valence-electron chi connectivity index (χ0n) is 19.4. The standard InChI is InChI=1S/C23H33ClN4O3Si/c1-5-31-23(29)20-12-19(26-28(20)15-30-8-9-32(2,3)4)11-16-6-7-21(25-22(16)24)27-13-17-10-18(17)14-27/h6-7,12,17-18H,5,8-11,13-15H2,1-4H3. The molecule has 4 rings (SSSR count). The minimum Gasteiger partial charge on any atom is -0.461 e. The number of aromatic nitrogens is 3. The van der Waals surface area contributed by atoms with Crippen molar-refractivity contribution in [1.29, 1.82) is 0 Å². The van der Waals surface area contributed by atoms with Gasteiger partial charge in [-0.05, 0) is 48.9 Å². The van der Waals surface area contributed by atoms with Crippen molar-refractivity contribution < 1.29 is 14.3 Å². The Morgan fingerprint density at radius 3 is 2.66 bits per heavy atom. The molecule has 0 bridgehead atoms. The van der Waals surface area contributed by atoms with Crippen LogP contribution in [0.2, 0.25) is 30.8 Å². The Labute approximate surface area is 196 Å². The summed E-state index contributed by atoms with van der Waals surface area (Å²) in [7, 11) is -1.18. The van der Waals surface area contributed by atoms with Gasteiger partial charge in [0.2, 0.25) is 0 Å².